The molecule has 0 saturated carbocycles. The molecular formula is C11H14BrF2NO2. The first-order chi connectivity index (χ1) is 8.09. The van der Waals surface area contributed by atoms with Crippen molar-refractivity contribution in [3.63, 3.8) is 0 Å². The van der Waals surface area contributed by atoms with Gasteiger partial charge in [0.15, 0.2) is 0 Å². The lowest BCUT2D eigenvalue weighted by Gasteiger charge is -2.08. The number of benzene rings is 1. The molecule has 0 aliphatic carbocycles. The number of hydrogen-bond donors (Lipinski definition) is 2. The molecule has 6 heteroatoms. The lowest BCUT2D eigenvalue weighted by atomic mass is 10.2. The van der Waals surface area contributed by atoms with Crippen LogP contribution in [0.5, 0.6) is 5.75 Å². The van der Waals surface area contributed by atoms with Crippen molar-refractivity contribution in [1.82, 2.24) is 5.32 Å². The van der Waals surface area contributed by atoms with E-state index in [1.165, 1.54) is 0 Å². The molecule has 1 aromatic rings. The Balaban J connectivity index is 2.20. The predicted octanol–water partition coefficient (Wildman–Crippen LogP) is 2.53. The number of phenols is 1. The molecule has 2 N–H and O–H groups in total. The van der Waals surface area contributed by atoms with E-state index in [9.17, 15) is 13.9 Å². The summed E-state index contributed by atoms with van der Waals surface area (Å²) in [5.41, 5.74) is 0.744. The maximum Gasteiger partial charge on any atom is 0.261 e. The number of rotatable bonds is 7. The highest BCUT2D eigenvalue weighted by molar-refractivity contribution is 9.10. The van der Waals surface area contributed by atoms with Crippen LogP contribution in [0.25, 0.3) is 0 Å². The van der Waals surface area contributed by atoms with E-state index in [1.807, 2.05) is 0 Å². The molecule has 0 saturated heterocycles. The van der Waals surface area contributed by atoms with E-state index in [2.05, 4.69) is 21.2 Å². The van der Waals surface area contributed by atoms with Crippen LogP contribution >= 0.6 is 15.9 Å². The summed E-state index contributed by atoms with van der Waals surface area (Å²) in [4.78, 5) is 0. The van der Waals surface area contributed by atoms with Gasteiger partial charge in [-0.15, -0.1) is 0 Å². The van der Waals surface area contributed by atoms with Gasteiger partial charge in [0.25, 0.3) is 6.43 Å². The van der Waals surface area contributed by atoms with Crippen molar-refractivity contribution < 1.29 is 18.6 Å². The SMILES string of the molecule is Oc1ccc(Br)cc1CNCCOCC(F)F. The Morgan fingerprint density at radius 3 is 2.88 bits per heavy atom. The Kier molecular flexibility index (Phi) is 6.39. The van der Waals surface area contributed by atoms with E-state index in [-0.39, 0.29) is 12.4 Å². The van der Waals surface area contributed by atoms with Crippen LogP contribution in [0.4, 0.5) is 8.78 Å². The molecule has 0 atom stereocenters. The third kappa shape index (κ3) is 5.95. The van der Waals surface area contributed by atoms with Crippen LogP contribution in [0.1, 0.15) is 5.56 Å². The van der Waals surface area contributed by atoms with E-state index in [0.717, 1.165) is 10.0 Å². The Labute approximate surface area is 107 Å². The Hall–Kier alpha value is -0.720. The van der Waals surface area contributed by atoms with Crippen LogP contribution in [0.15, 0.2) is 22.7 Å². The lowest BCUT2D eigenvalue weighted by molar-refractivity contribution is 0.0187. The smallest absolute Gasteiger partial charge is 0.261 e. The summed E-state index contributed by atoms with van der Waals surface area (Å²) in [7, 11) is 0. The summed E-state index contributed by atoms with van der Waals surface area (Å²) >= 11 is 3.30. The van der Waals surface area contributed by atoms with Crippen molar-refractivity contribution in [2.75, 3.05) is 19.8 Å². The number of hydrogen-bond acceptors (Lipinski definition) is 3. The molecule has 0 bridgehead atoms. The van der Waals surface area contributed by atoms with Gasteiger partial charge in [-0.3, -0.25) is 0 Å². The van der Waals surface area contributed by atoms with Crippen LogP contribution in [-0.2, 0) is 11.3 Å². The van der Waals surface area contributed by atoms with Gasteiger partial charge in [-0.25, -0.2) is 8.78 Å². The number of halogens is 3. The summed E-state index contributed by atoms with van der Waals surface area (Å²) in [6, 6.07) is 5.13. The van der Waals surface area contributed by atoms with Crippen LogP contribution in [0.3, 0.4) is 0 Å². The fourth-order valence-electron chi connectivity index (χ4n) is 1.24. The zero-order valence-electron chi connectivity index (χ0n) is 9.13. The zero-order chi connectivity index (χ0) is 12.7. The number of ether oxygens (including phenoxy) is 1. The lowest BCUT2D eigenvalue weighted by Crippen LogP contribution is -2.20. The first kappa shape index (κ1) is 14.3. The summed E-state index contributed by atoms with van der Waals surface area (Å²) in [5, 5.41) is 12.5. The zero-order valence-corrected chi connectivity index (χ0v) is 10.7. The van der Waals surface area contributed by atoms with Gasteiger partial charge in [-0.1, -0.05) is 15.9 Å². The second kappa shape index (κ2) is 7.58. The molecule has 17 heavy (non-hydrogen) atoms. The molecule has 0 fully saturated rings. The van der Waals surface area contributed by atoms with Gasteiger partial charge in [0.1, 0.15) is 12.4 Å². The summed E-state index contributed by atoms with van der Waals surface area (Å²) in [6.45, 7) is 0.602. The van der Waals surface area contributed by atoms with E-state index in [1.54, 1.807) is 18.2 Å². The van der Waals surface area contributed by atoms with Gasteiger partial charge < -0.3 is 15.2 Å². The molecule has 3 nitrogen and oxygen atoms in total. The molecule has 0 spiro atoms. The molecule has 1 aromatic carbocycles. The highest BCUT2D eigenvalue weighted by atomic mass is 79.9. The quantitative estimate of drug-likeness (QED) is 0.761. The molecule has 1 rings (SSSR count). The van der Waals surface area contributed by atoms with Crippen molar-refractivity contribution in [3.05, 3.63) is 28.2 Å². The normalized spacial score (nSPS) is 11.1. The van der Waals surface area contributed by atoms with E-state index in [0.29, 0.717) is 13.1 Å². The van der Waals surface area contributed by atoms with Crippen LogP contribution in [0, 0.1) is 0 Å². The van der Waals surface area contributed by atoms with Crippen LogP contribution in [-0.4, -0.2) is 31.3 Å². The highest BCUT2D eigenvalue weighted by Gasteiger charge is 2.02. The van der Waals surface area contributed by atoms with Gasteiger partial charge >= 0.3 is 0 Å². The standard InChI is InChI=1S/C11H14BrF2NO2/c12-9-1-2-10(16)8(5-9)6-15-3-4-17-7-11(13)14/h1-2,5,11,15-16H,3-4,6-7H2. The van der Waals surface area contributed by atoms with Gasteiger partial charge in [0, 0.05) is 23.1 Å². The maximum absolute atomic E-state index is 11.7. The monoisotopic (exact) mass is 309 g/mol. The average molecular weight is 310 g/mol. The van der Waals surface area contributed by atoms with E-state index < -0.39 is 13.0 Å². The van der Waals surface area contributed by atoms with Gasteiger partial charge in [-0.2, -0.15) is 0 Å². The maximum atomic E-state index is 11.7. The molecule has 96 valence electrons. The molecule has 0 aliphatic heterocycles. The molecule has 0 radical (unpaired) electrons. The van der Waals surface area contributed by atoms with Crippen molar-refractivity contribution in [1.29, 1.82) is 0 Å². The minimum atomic E-state index is -2.43. The first-order valence-electron chi connectivity index (χ1n) is 5.13. The number of alkyl halides is 2. The van der Waals surface area contributed by atoms with Crippen molar-refractivity contribution in [2.45, 2.75) is 13.0 Å². The van der Waals surface area contributed by atoms with E-state index >= 15 is 0 Å². The third-order valence-electron chi connectivity index (χ3n) is 2.02. The Morgan fingerprint density at radius 2 is 2.18 bits per heavy atom. The van der Waals surface area contributed by atoms with Crippen LogP contribution in [0.2, 0.25) is 0 Å². The second-order valence-electron chi connectivity index (χ2n) is 3.42. The molecule has 0 unspecified atom stereocenters. The molecule has 0 amide bonds. The van der Waals surface area contributed by atoms with Gasteiger partial charge in [0.05, 0.1) is 6.61 Å². The third-order valence-corrected chi connectivity index (χ3v) is 2.52. The Morgan fingerprint density at radius 1 is 1.41 bits per heavy atom. The van der Waals surface area contributed by atoms with Crippen molar-refractivity contribution >= 4 is 15.9 Å². The fourth-order valence-corrected chi connectivity index (χ4v) is 1.64. The largest absolute Gasteiger partial charge is 0.508 e. The van der Waals surface area contributed by atoms with Gasteiger partial charge in [-0.05, 0) is 18.2 Å². The van der Waals surface area contributed by atoms with Gasteiger partial charge in [0.2, 0.25) is 0 Å². The van der Waals surface area contributed by atoms with Crippen molar-refractivity contribution in [2.24, 2.45) is 0 Å². The topological polar surface area (TPSA) is 41.5 Å². The average Bonchev–Trinajstić information content (AvgIpc) is 2.27. The summed E-state index contributed by atoms with van der Waals surface area (Å²) in [5.74, 6) is 0.203. The van der Waals surface area contributed by atoms with Crippen LogP contribution < -0.4 is 5.32 Å². The van der Waals surface area contributed by atoms with E-state index in [4.69, 9.17) is 4.74 Å². The summed E-state index contributed by atoms with van der Waals surface area (Å²) in [6.07, 6.45) is -2.43. The minimum absolute atomic E-state index is 0.203. The number of aromatic hydroxyl groups is 1. The molecular weight excluding hydrogens is 296 g/mol. The second-order valence-corrected chi connectivity index (χ2v) is 4.33. The predicted molar refractivity (Wildman–Crippen MR) is 64.3 cm³/mol. The Bertz CT molecular complexity index is 350. The fraction of sp³-hybridized carbons (Fsp3) is 0.455. The summed E-state index contributed by atoms with van der Waals surface area (Å²) < 4.78 is 29.0. The highest BCUT2D eigenvalue weighted by Crippen LogP contribution is 2.21. The minimum Gasteiger partial charge on any atom is -0.508 e. The molecule has 0 heterocycles. The molecule has 0 aliphatic rings. The van der Waals surface area contributed by atoms with Crippen molar-refractivity contribution in [3.8, 4) is 5.75 Å². The first-order valence-corrected chi connectivity index (χ1v) is 5.93. The number of nitrogens with one attached hydrogen (secondary N) is 1. The number of phenolic OH excluding ortho intramolecular Hbond substituents is 1. The molecule has 0 aromatic heterocycles.